The molecule has 0 aliphatic carbocycles. The number of hydrogen-bond donors (Lipinski definition) is 1. The molecule has 82 valence electrons. The highest BCUT2D eigenvalue weighted by Gasteiger charge is 2.28. The monoisotopic (exact) mass is 209 g/mol. The smallest absolute Gasteiger partial charge is 0.154 e. The molecule has 15 heavy (non-hydrogen) atoms. The van der Waals surface area contributed by atoms with Gasteiger partial charge in [0.15, 0.2) is 5.78 Å². The van der Waals surface area contributed by atoms with Gasteiger partial charge in [-0.2, -0.15) is 0 Å². The molecule has 2 atom stereocenters. The van der Waals surface area contributed by atoms with Crippen molar-refractivity contribution in [3.63, 3.8) is 0 Å². The van der Waals surface area contributed by atoms with Crippen LogP contribution >= 0.6 is 0 Å². The molecule has 1 fully saturated rings. The number of methoxy groups -OCH3 is 1. The zero-order valence-electron chi connectivity index (χ0n) is 8.73. The average Bonchev–Trinajstić information content (AvgIpc) is 2.86. The van der Waals surface area contributed by atoms with Crippen LogP contribution in [0.2, 0.25) is 0 Å². The summed E-state index contributed by atoms with van der Waals surface area (Å²) in [6.45, 7) is 0.762. The van der Waals surface area contributed by atoms with Crippen LogP contribution in [0.25, 0.3) is 0 Å². The highest BCUT2D eigenvalue weighted by atomic mass is 16.5. The lowest BCUT2D eigenvalue weighted by Crippen LogP contribution is -2.31. The fraction of sp³-hybridized carbons (Fsp3) is 0.545. The molecule has 1 N–H and O–H groups in total. The summed E-state index contributed by atoms with van der Waals surface area (Å²) in [5.41, 5.74) is 0.933. The van der Waals surface area contributed by atoms with E-state index in [0.29, 0.717) is 6.42 Å². The maximum Gasteiger partial charge on any atom is 0.154 e. The number of carbonyl (C=O) groups is 1. The summed E-state index contributed by atoms with van der Waals surface area (Å²) in [6.07, 6.45) is 4.57. The standard InChI is InChI=1S/C11H15NO3/c1-14-9-5-10(12-6-9)11(13)4-8-2-3-15-7-8/h2-3,7,9-10,12H,4-6H2,1H3. The van der Waals surface area contributed by atoms with Crippen molar-refractivity contribution in [2.24, 2.45) is 0 Å². The van der Waals surface area contributed by atoms with Gasteiger partial charge in [-0.15, -0.1) is 0 Å². The molecule has 2 unspecified atom stereocenters. The minimum absolute atomic E-state index is 0.0650. The molecule has 1 saturated heterocycles. The van der Waals surface area contributed by atoms with Crippen molar-refractivity contribution in [2.45, 2.75) is 25.0 Å². The number of hydrogen-bond acceptors (Lipinski definition) is 4. The number of carbonyl (C=O) groups excluding carboxylic acids is 1. The topological polar surface area (TPSA) is 51.5 Å². The molecule has 0 saturated carbocycles. The first-order chi connectivity index (χ1) is 7.29. The van der Waals surface area contributed by atoms with Gasteiger partial charge in [-0.3, -0.25) is 4.79 Å². The summed E-state index contributed by atoms with van der Waals surface area (Å²) in [4.78, 5) is 11.8. The molecule has 1 aliphatic heterocycles. The molecular formula is C11H15NO3. The maximum atomic E-state index is 11.8. The van der Waals surface area contributed by atoms with Gasteiger partial charge in [-0.1, -0.05) is 0 Å². The Morgan fingerprint density at radius 3 is 3.20 bits per heavy atom. The molecule has 1 aromatic heterocycles. The minimum atomic E-state index is -0.0650. The third-order valence-corrected chi connectivity index (χ3v) is 2.77. The minimum Gasteiger partial charge on any atom is -0.472 e. The van der Waals surface area contributed by atoms with Gasteiger partial charge in [0.05, 0.1) is 24.7 Å². The molecule has 2 heterocycles. The highest BCUT2D eigenvalue weighted by Crippen LogP contribution is 2.13. The molecule has 0 spiro atoms. The third-order valence-electron chi connectivity index (χ3n) is 2.77. The Labute approximate surface area is 88.6 Å². The fourth-order valence-electron chi connectivity index (χ4n) is 1.85. The number of Topliss-reactive ketones (excluding diaryl/α,β-unsaturated/α-hetero) is 1. The van der Waals surface area contributed by atoms with Crippen LogP contribution in [0.3, 0.4) is 0 Å². The van der Waals surface area contributed by atoms with E-state index in [1.807, 2.05) is 6.07 Å². The molecule has 0 radical (unpaired) electrons. The van der Waals surface area contributed by atoms with Crippen LogP contribution in [-0.4, -0.2) is 31.6 Å². The van der Waals surface area contributed by atoms with Crippen LogP contribution in [0.5, 0.6) is 0 Å². The normalized spacial score (nSPS) is 25.7. The van der Waals surface area contributed by atoms with Crippen molar-refractivity contribution >= 4 is 5.78 Å². The van der Waals surface area contributed by atoms with Gasteiger partial charge < -0.3 is 14.5 Å². The summed E-state index contributed by atoms with van der Waals surface area (Å²) < 4.78 is 10.1. The Morgan fingerprint density at radius 1 is 1.73 bits per heavy atom. The second-order valence-corrected chi connectivity index (χ2v) is 3.83. The molecule has 0 amide bonds. The first-order valence-electron chi connectivity index (χ1n) is 5.09. The summed E-state index contributed by atoms with van der Waals surface area (Å²) in [5, 5.41) is 3.16. The third kappa shape index (κ3) is 2.46. The molecule has 1 aliphatic rings. The quantitative estimate of drug-likeness (QED) is 0.795. The van der Waals surface area contributed by atoms with E-state index < -0.39 is 0 Å². The Hall–Kier alpha value is -1.13. The summed E-state index contributed by atoms with van der Waals surface area (Å²) in [6, 6.07) is 1.76. The van der Waals surface area contributed by atoms with Gasteiger partial charge in [0, 0.05) is 20.1 Å². The first-order valence-corrected chi connectivity index (χ1v) is 5.09. The number of ketones is 1. The molecule has 1 aromatic rings. The fourth-order valence-corrected chi connectivity index (χ4v) is 1.85. The summed E-state index contributed by atoms with van der Waals surface area (Å²) in [7, 11) is 1.68. The lowest BCUT2D eigenvalue weighted by molar-refractivity contribution is -0.120. The van der Waals surface area contributed by atoms with Crippen LogP contribution in [0.15, 0.2) is 23.0 Å². The number of rotatable bonds is 4. The largest absolute Gasteiger partial charge is 0.472 e. The van der Waals surface area contributed by atoms with E-state index in [1.165, 1.54) is 0 Å². The van der Waals surface area contributed by atoms with Crippen molar-refractivity contribution in [1.29, 1.82) is 0 Å². The first kappa shape index (κ1) is 10.4. The van der Waals surface area contributed by atoms with Crippen LogP contribution in [0, 0.1) is 0 Å². The van der Waals surface area contributed by atoms with E-state index in [2.05, 4.69) is 5.32 Å². The van der Waals surface area contributed by atoms with Crippen LogP contribution in [0.1, 0.15) is 12.0 Å². The van der Waals surface area contributed by atoms with E-state index in [9.17, 15) is 4.79 Å². The second-order valence-electron chi connectivity index (χ2n) is 3.83. The molecule has 0 bridgehead atoms. The maximum absolute atomic E-state index is 11.8. The molecule has 0 aromatic carbocycles. The van der Waals surface area contributed by atoms with Crippen molar-refractivity contribution in [1.82, 2.24) is 5.32 Å². The highest BCUT2D eigenvalue weighted by molar-refractivity contribution is 5.86. The zero-order valence-corrected chi connectivity index (χ0v) is 8.73. The Kier molecular flexibility index (Phi) is 3.18. The van der Waals surface area contributed by atoms with Gasteiger partial charge in [-0.25, -0.2) is 0 Å². The molecular weight excluding hydrogens is 194 g/mol. The van der Waals surface area contributed by atoms with Crippen molar-refractivity contribution in [3.05, 3.63) is 24.2 Å². The van der Waals surface area contributed by atoms with Gasteiger partial charge in [0.2, 0.25) is 0 Å². The molecule has 4 heteroatoms. The van der Waals surface area contributed by atoms with Crippen LogP contribution in [0.4, 0.5) is 0 Å². The lowest BCUT2D eigenvalue weighted by atomic mass is 10.0. The number of nitrogens with one attached hydrogen (secondary N) is 1. The van der Waals surface area contributed by atoms with Crippen molar-refractivity contribution < 1.29 is 13.9 Å². The Morgan fingerprint density at radius 2 is 2.60 bits per heavy atom. The van der Waals surface area contributed by atoms with Crippen LogP contribution in [-0.2, 0) is 16.0 Å². The average molecular weight is 209 g/mol. The van der Waals surface area contributed by atoms with Gasteiger partial charge >= 0.3 is 0 Å². The summed E-state index contributed by atoms with van der Waals surface area (Å²) in [5.74, 6) is 0.205. The van der Waals surface area contributed by atoms with Crippen molar-refractivity contribution in [3.8, 4) is 0 Å². The van der Waals surface area contributed by atoms with E-state index in [0.717, 1.165) is 18.5 Å². The summed E-state index contributed by atoms with van der Waals surface area (Å²) >= 11 is 0. The predicted molar refractivity (Wildman–Crippen MR) is 54.6 cm³/mol. The number of ether oxygens (including phenoxy) is 1. The van der Waals surface area contributed by atoms with Gasteiger partial charge in [0.1, 0.15) is 0 Å². The van der Waals surface area contributed by atoms with E-state index >= 15 is 0 Å². The van der Waals surface area contributed by atoms with E-state index in [4.69, 9.17) is 9.15 Å². The molecule has 4 nitrogen and oxygen atoms in total. The lowest BCUT2D eigenvalue weighted by Gasteiger charge is -2.07. The van der Waals surface area contributed by atoms with E-state index in [-0.39, 0.29) is 17.9 Å². The second kappa shape index (κ2) is 4.59. The van der Waals surface area contributed by atoms with Crippen molar-refractivity contribution in [2.75, 3.05) is 13.7 Å². The SMILES string of the molecule is COC1CNC(C(=O)Cc2ccoc2)C1. The molecule has 2 rings (SSSR count). The Bertz CT molecular complexity index is 321. The Balaban J connectivity index is 1.87. The zero-order chi connectivity index (χ0) is 10.7. The van der Waals surface area contributed by atoms with Crippen LogP contribution < -0.4 is 5.32 Å². The number of furan rings is 1. The predicted octanol–water partition coefficient (Wildman–Crippen LogP) is 0.768. The van der Waals surface area contributed by atoms with E-state index in [1.54, 1.807) is 19.6 Å². The van der Waals surface area contributed by atoms with Gasteiger partial charge in [-0.05, 0) is 18.1 Å². The van der Waals surface area contributed by atoms with Gasteiger partial charge in [0.25, 0.3) is 0 Å².